The highest BCUT2D eigenvalue weighted by Gasteiger charge is 2.17. The van der Waals surface area contributed by atoms with Gasteiger partial charge in [-0.05, 0) is 4.92 Å². The molecular weight excluding hydrogens is 258 g/mol. The fourth-order valence-electron chi connectivity index (χ4n) is 1.11. The first-order valence-corrected chi connectivity index (χ1v) is 7.04. The Kier molecular flexibility index (Phi) is 3.88. The Hall–Kier alpha value is -1.13. The Morgan fingerprint density at radius 3 is 2.81 bits per heavy atom. The van der Waals surface area contributed by atoms with Gasteiger partial charge in [-0.2, -0.15) is 8.42 Å². The van der Waals surface area contributed by atoms with Crippen molar-refractivity contribution in [2.45, 2.75) is 13.5 Å². The van der Waals surface area contributed by atoms with Crippen LogP contribution in [0.2, 0.25) is 0 Å². The lowest BCUT2D eigenvalue weighted by Gasteiger charge is -2.01. The SMILES string of the molecule is Cc1ncc([N+](=O)[O-])n1CCSS(=O)(=O)O. The Bertz CT molecular complexity index is 494. The number of hydrogen-bond acceptors (Lipinski definition) is 6. The lowest BCUT2D eigenvalue weighted by molar-refractivity contribution is -0.392. The van der Waals surface area contributed by atoms with E-state index in [1.165, 1.54) is 4.57 Å². The summed E-state index contributed by atoms with van der Waals surface area (Å²) in [5.74, 6) is 0.229. The summed E-state index contributed by atoms with van der Waals surface area (Å²) in [6.45, 7) is 1.66. The number of aromatic nitrogens is 2. The lowest BCUT2D eigenvalue weighted by Crippen LogP contribution is -2.07. The van der Waals surface area contributed by atoms with E-state index in [2.05, 4.69) is 4.98 Å². The van der Waals surface area contributed by atoms with E-state index in [0.29, 0.717) is 16.6 Å². The molecule has 0 radical (unpaired) electrons. The van der Waals surface area contributed by atoms with Crippen molar-refractivity contribution in [1.82, 2.24) is 9.55 Å². The van der Waals surface area contributed by atoms with Crippen LogP contribution >= 0.6 is 10.8 Å². The zero-order chi connectivity index (χ0) is 12.3. The third-order valence-corrected chi connectivity index (χ3v) is 3.81. The Morgan fingerprint density at radius 2 is 2.31 bits per heavy atom. The molecule has 0 aliphatic rings. The van der Waals surface area contributed by atoms with Crippen molar-refractivity contribution >= 4 is 25.8 Å². The van der Waals surface area contributed by atoms with E-state index < -0.39 is 14.1 Å². The average Bonchev–Trinajstić information content (AvgIpc) is 2.46. The van der Waals surface area contributed by atoms with Crippen molar-refractivity contribution in [3.8, 4) is 0 Å². The van der Waals surface area contributed by atoms with Crippen LogP contribution in [0.3, 0.4) is 0 Å². The molecule has 1 aromatic rings. The summed E-state index contributed by atoms with van der Waals surface area (Å²) in [5.41, 5.74) is 0. The first kappa shape index (κ1) is 12.9. The van der Waals surface area contributed by atoms with E-state index in [9.17, 15) is 18.5 Å². The third kappa shape index (κ3) is 3.47. The topological polar surface area (TPSA) is 115 Å². The molecule has 0 spiro atoms. The molecule has 1 rings (SSSR count). The fraction of sp³-hybridized carbons (Fsp3) is 0.500. The maximum atomic E-state index is 10.6. The van der Waals surface area contributed by atoms with Crippen molar-refractivity contribution < 1.29 is 17.9 Å². The molecule has 0 unspecified atom stereocenters. The van der Waals surface area contributed by atoms with Gasteiger partial charge in [0.15, 0.2) is 5.82 Å². The molecule has 0 aliphatic carbocycles. The average molecular weight is 267 g/mol. The lowest BCUT2D eigenvalue weighted by atomic mass is 10.6. The highest BCUT2D eigenvalue weighted by Crippen LogP contribution is 2.16. The van der Waals surface area contributed by atoms with Gasteiger partial charge < -0.3 is 10.1 Å². The van der Waals surface area contributed by atoms with Crippen LogP contribution in [0.1, 0.15) is 5.82 Å². The van der Waals surface area contributed by atoms with Crippen molar-refractivity contribution in [2.24, 2.45) is 0 Å². The number of nitrogens with zero attached hydrogens (tertiary/aromatic N) is 3. The second-order valence-corrected chi connectivity index (χ2v) is 6.29. The maximum Gasteiger partial charge on any atom is 0.342 e. The summed E-state index contributed by atoms with van der Waals surface area (Å²) >= 11 is 0. The molecular formula is C6H9N3O5S2. The minimum absolute atomic E-state index is 0.0108. The van der Waals surface area contributed by atoms with Crippen LogP contribution in [0.5, 0.6) is 0 Å². The van der Waals surface area contributed by atoms with E-state index in [-0.39, 0.29) is 18.1 Å². The zero-order valence-corrected chi connectivity index (χ0v) is 9.86. The van der Waals surface area contributed by atoms with Crippen molar-refractivity contribution in [1.29, 1.82) is 0 Å². The van der Waals surface area contributed by atoms with Gasteiger partial charge in [0.2, 0.25) is 0 Å². The summed E-state index contributed by atoms with van der Waals surface area (Å²) in [4.78, 5) is 13.7. The van der Waals surface area contributed by atoms with Gasteiger partial charge in [0.25, 0.3) is 0 Å². The molecule has 0 saturated heterocycles. The molecule has 0 bridgehead atoms. The van der Waals surface area contributed by atoms with Gasteiger partial charge in [0, 0.05) is 23.5 Å². The van der Waals surface area contributed by atoms with Crippen LogP contribution in [0.4, 0.5) is 5.82 Å². The highest BCUT2D eigenvalue weighted by atomic mass is 33.1. The molecule has 8 nitrogen and oxygen atoms in total. The second kappa shape index (κ2) is 4.80. The smallest absolute Gasteiger partial charge is 0.342 e. The van der Waals surface area contributed by atoms with Gasteiger partial charge in [-0.3, -0.25) is 4.55 Å². The largest absolute Gasteiger partial charge is 0.358 e. The van der Waals surface area contributed by atoms with Crippen molar-refractivity contribution in [3.63, 3.8) is 0 Å². The zero-order valence-electron chi connectivity index (χ0n) is 8.23. The molecule has 0 saturated carbocycles. The van der Waals surface area contributed by atoms with Crippen LogP contribution in [-0.4, -0.2) is 33.2 Å². The molecule has 1 heterocycles. The molecule has 1 aromatic heterocycles. The van der Waals surface area contributed by atoms with E-state index in [0.717, 1.165) is 6.20 Å². The third-order valence-electron chi connectivity index (χ3n) is 1.77. The first-order chi connectivity index (χ1) is 7.31. The van der Waals surface area contributed by atoms with Crippen molar-refractivity contribution in [2.75, 3.05) is 5.75 Å². The van der Waals surface area contributed by atoms with Crippen LogP contribution < -0.4 is 0 Å². The standard InChI is InChI=1S/C6H9N3O5S2/c1-5-7-4-6(9(10)11)8(5)2-3-15-16(12,13)14/h4H,2-3H2,1H3,(H,12,13,14). The molecule has 0 amide bonds. The summed E-state index contributed by atoms with van der Waals surface area (Å²) in [6, 6.07) is 0. The van der Waals surface area contributed by atoms with Crippen LogP contribution in [0, 0.1) is 17.0 Å². The van der Waals surface area contributed by atoms with Crippen LogP contribution in [0.25, 0.3) is 0 Å². The highest BCUT2D eigenvalue weighted by molar-refractivity contribution is 8.69. The number of nitro groups is 1. The summed E-state index contributed by atoms with van der Waals surface area (Å²) in [7, 11) is -3.79. The number of imidazole rings is 1. The van der Waals surface area contributed by atoms with Crippen molar-refractivity contribution in [3.05, 3.63) is 22.1 Å². The summed E-state index contributed by atoms with van der Waals surface area (Å²) in [6.07, 6.45) is 1.10. The molecule has 90 valence electrons. The Labute approximate surface area is 95.0 Å². The fourth-order valence-corrected chi connectivity index (χ4v) is 2.44. The quantitative estimate of drug-likeness (QED) is 0.360. The molecule has 0 aliphatic heterocycles. The van der Waals surface area contributed by atoms with E-state index in [1.54, 1.807) is 6.92 Å². The van der Waals surface area contributed by atoms with Crippen LogP contribution in [-0.2, 0) is 15.7 Å². The van der Waals surface area contributed by atoms with Gasteiger partial charge >= 0.3 is 15.0 Å². The number of rotatable bonds is 5. The first-order valence-electron chi connectivity index (χ1n) is 4.09. The maximum absolute atomic E-state index is 10.6. The van der Waals surface area contributed by atoms with E-state index in [4.69, 9.17) is 4.55 Å². The molecule has 10 heteroatoms. The molecule has 16 heavy (non-hydrogen) atoms. The summed E-state index contributed by atoms with van der Waals surface area (Å²) in [5, 5.41) is 10.6. The van der Waals surface area contributed by atoms with Crippen LogP contribution in [0.15, 0.2) is 6.20 Å². The minimum atomic E-state index is -4.11. The Morgan fingerprint density at radius 1 is 1.69 bits per heavy atom. The molecule has 0 aromatic carbocycles. The van der Waals surface area contributed by atoms with Gasteiger partial charge in [0.05, 0.1) is 0 Å². The summed E-state index contributed by atoms with van der Waals surface area (Å²) < 4.78 is 30.6. The van der Waals surface area contributed by atoms with E-state index in [1.807, 2.05) is 0 Å². The molecule has 1 N–H and O–H groups in total. The monoisotopic (exact) mass is 267 g/mol. The molecule has 0 fully saturated rings. The number of hydrogen-bond donors (Lipinski definition) is 1. The molecule has 0 atom stereocenters. The predicted molar refractivity (Wildman–Crippen MR) is 57.6 cm³/mol. The normalized spacial score (nSPS) is 11.6. The number of aryl methyl sites for hydroxylation is 1. The second-order valence-electron chi connectivity index (χ2n) is 2.82. The van der Waals surface area contributed by atoms with Gasteiger partial charge in [0.1, 0.15) is 12.7 Å². The van der Waals surface area contributed by atoms with Gasteiger partial charge in [-0.15, -0.1) is 0 Å². The van der Waals surface area contributed by atoms with Gasteiger partial charge in [-0.25, -0.2) is 9.55 Å². The van der Waals surface area contributed by atoms with Gasteiger partial charge in [-0.1, -0.05) is 0 Å². The Balaban J connectivity index is 2.73. The van der Waals surface area contributed by atoms with E-state index >= 15 is 0 Å². The predicted octanol–water partition coefficient (Wildman–Crippen LogP) is 0.636. The minimum Gasteiger partial charge on any atom is -0.358 e.